The van der Waals surface area contributed by atoms with Crippen LogP contribution in [0.25, 0.3) is 10.8 Å². The Bertz CT molecular complexity index is 2760. The van der Waals surface area contributed by atoms with Crippen molar-refractivity contribution in [2.45, 2.75) is 123 Å². The smallest absolute Gasteiger partial charge is 0.436 e. The highest BCUT2D eigenvalue weighted by atomic mass is 16.8. The van der Waals surface area contributed by atoms with Crippen LogP contribution in [0, 0.1) is 36.5 Å². The van der Waals surface area contributed by atoms with E-state index in [4.69, 9.17) is 38.4 Å². The Morgan fingerprint density at radius 2 is 1.72 bits per heavy atom. The summed E-state index contributed by atoms with van der Waals surface area (Å²) in [6, 6.07) is 0. The molecule has 3 aromatic rings. The van der Waals surface area contributed by atoms with E-state index in [1.54, 1.807) is 32.1 Å². The Labute approximate surface area is 388 Å². The van der Waals surface area contributed by atoms with E-state index in [-0.39, 0.29) is 67.7 Å². The number of fused-ring (bicyclic) bond motifs is 9. The highest BCUT2D eigenvalue weighted by molar-refractivity contribution is 6.19. The molecule has 0 aliphatic carbocycles. The Balaban J connectivity index is 1.18. The lowest BCUT2D eigenvalue weighted by molar-refractivity contribution is -0.112. The molecule has 0 saturated carbocycles. The van der Waals surface area contributed by atoms with E-state index >= 15 is 0 Å². The van der Waals surface area contributed by atoms with Gasteiger partial charge in [0.05, 0.1) is 34.8 Å². The van der Waals surface area contributed by atoms with Crippen LogP contribution in [0.2, 0.25) is 0 Å². The zero-order chi connectivity index (χ0) is 48.1. The number of rotatable bonds is 4. The van der Waals surface area contributed by atoms with Gasteiger partial charge in [-0.2, -0.15) is 4.68 Å². The highest BCUT2D eigenvalue weighted by Gasteiger charge is 2.81. The van der Waals surface area contributed by atoms with E-state index in [2.05, 4.69) is 41.1 Å². The number of carbonyl (C=O) groups excluding carboxylic acids is 3. The topological polar surface area (TPSA) is 221 Å². The molecule has 358 valence electrons. The Hall–Kier alpha value is -5.69. The molecular formula is C49H61N7O11. The molecule has 1 aromatic heterocycles. The monoisotopic (exact) mass is 923 g/mol. The van der Waals surface area contributed by atoms with Gasteiger partial charge in [-0.05, 0) is 32.8 Å². The number of hydrogen-bond donors (Lipinski definition) is 3. The molecule has 1 amide bonds. The third-order valence-electron chi connectivity index (χ3n) is 15.0. The summed E-state index contributed by atoms with van der Waals surface area (Å²) in [5.74, 6) is -5.75. The molecule has 10 atom stereocenters. The molecule has 0 radical (unpaired) electrons. The average Bonchev–Trinajstić information content (AvgIpc) is 3.76. The molecular weight excluding hydrogens is 863 g/mol. The van der Waals surface area contributed by atoms with Gasteiger partial charge in [-0.25, -0.2) is 9.78 Å². The maximum atomic E-state index is 14.9. The summed E-state index contributed by atoms with van der Waals surface area (Å²) in [4.78, 5) is 59.3. The molecule has 18 heteroatoms. The predicted molar refractivity (Wildman–Crippen MR) is 243 cm³/mol. The fourth-order valence-corrected chi connectivity index (χ4v) is 11.3. The number of hydrogen-bond acceptors (Lipinski definition) is 16. The number of piperidine rings is 1. The minimum absolute atomic E-state index is 0.0229. The number of aromatic nitrogens is 3. The lowest BCUT2D eigenvalue weighted by atomic mass is 9.72. The fourth-order valence-electron chi connectivity index (χ4n) is 11.3. The van der Waals surface area contributed by atoms with Gasteiger partial charge in [0.15, 0.2) is 17.2 Å². The second kappa shape index (κ2) is 16.5. The van der Waals surface area contributed by atoms with Gasteiger partial charge >= 0.3 is 11.9 Å². The second-order valence-corrected chi connectivity index (χ2v) is 19.9. The number of nitrogens with zero attached hydrogens (tertiary/aromatic N) is 6. The maximum Gasteiger partial charge on any atom is 0.436 e. The van der Waals surface area contributed by atoms with Crippen LogP contribution in [0.15, 0.2) is 58.8 Å². The molecule has 3 saturated heterocycles. The van der Waals surface area contributed by atoms with Gasteiger partial charge in [0.1, 0.15) is 46.9 Å². The molecule has 67 heavy (non-hydrogen) atoms. The lowest BCUT2D eigenvalue weighted by Crippen LogP contribution is -2.48. The molecule has 3 N–H and O–H groups in total. The summed E-state index contributed by atoms with van der Waals surface area (Å²) >= 11 is 0. The van der Waals surface area contributed by atoms with Crippen molar-refractivity contribution in [1.29, 1.82) is 0 Å². The van der Waals surface area contributed by atoms with E-state index in [0.717, 1.165) is 11.2 Å². The first-order chi connectivity index (χ1) is 31.7. The fraction of sp³-hybridized carbons (Fsp3) is 0.571. The summed E-state index contributed by atoms with van der Waals surface area (Å²) < 4.78 is 39.1. The van der Waals surface area contributed by atoms with Crippen molar-refractivity contribution in [3.63, 3.8) is 0 Å². The lowest BCUT2D eigenvalue weighted by Gasteiger charge is -2.37. The molecule has 10 rings (SSSR count). The van der Waals surface area contributed by atoms with Gasteiger partial charge in [-0.15, -0.1) is 5.10 Å². The number of benzene rings is 2. The molecule has 8 heterocycles. The molecule has 1 unspecified atom stereocenters. The van der Waals surface area contributed by atoms with Crippen LogP contribution in [0.5, 0.6) is 17.2 Å². The van der Waals surface area contributed by atoms with Gasteiger partial charge in [-0.1, -0.05) is 59.8 Å². The standard InChI is InChI=1S/C49H61N7O11/c1-24(2)21-55-18-16-48(17-19-55)53-35-32-33-38(57)28(6)42-34(32)43(59)46(9,65-42)63-20-15-31(62-11)27(5)41(64-45(61)56-23-50-22-51-56)30(8)49-29(7)40(66-47(49,10)67-49)25(3)13-12-14-26(4)44(60)52-37(39(33)58)36(35)54-48/h12-15,20,22-25,27,29-31,40-41,57-58H,16-19,21H2,1-11H3,(H,52,60)/b13-12+,20-15+,26-14-/t25-,27+,29+,30-,31-,40-,41+,46-,47?,49+/m0/s1. The van der Waals surface area contributed by atoms with E-state index in [1.165, 1.54) is 33.0 Å². The molecule has 7 aliphatic heterocycles. The molecule has 3 fully saturated rings. The maximum absolute atomic E-state index is 14.9. The first-order valence-electron chi connectivity index (χ1n) is 23.2. The number of Topliss-reactive ketones (excluding diaryl/α,β-unsaturated/α-hetero) is 1. The molecule has 2 aromatic carbocycles. The number of phenols is 2. The molecule has 18 nitrogen and oxygen atoms in total. The van der Waals surface area contributed by atoms with Crippen molar-refractivity contribution in [3.05, 3.63) is 70.6 Å². The highest BCUT2D eigenvalue weighted by Crippen LogP contribution is 2.67. The minimum Gasteiger partial charge on any atom is -0.507 e. The first-order valence-corrected chi connectivity index (χ1v) is 23.2. The number of allylic oxidation sites excluding steroid dienone is 2. The summed E-state index contributed by atoms with van der Waals surface area (Å²) in [6.07, 6.45) is 9.31. The van der Waals surface area contributed by atoms with E-state index < -0.39 is 70.4 Å². The van der Waals surface area contributed by atoms with Crippen LogP contribution in [0.3, 0.4) is 0 Å². The molecule has 7 aliphatic rings. The van der Waals surface area contributed by atoms with Crippen molar-refractivity contribution in [3.8, 4) is 17.2 Å². The number of ketones is 1. The molecule has 2 spiro atoms. The van der Waals surface area contributed by atoms with E-state index in [0.29, 0.717) is 37.4 Å². The number of aromatic hydroxyl groups is 2. The summed E-state index contributed by atoms with van der Waals surface area (Å²) in [5.41, 5.74) is -1.32. The van der Waals surface area contributed by atoms with Crippen molar-refractivity contribution in [2.75, 3.05) is 32.1 Å². The third kappa shape index (κ3) is 7.33. The second-order valence-electron chi connectivity index (χ2n) is 19.9. The number of epoxide rings is 1. The van der Waals surface area contributed by atoms with Crippen molar-refractivity contribution in [2.24, 2.45) is 39.6 Å². The third-order valence-corrected chi connectivity index (χ3v) is 15.0. The number of nitrogens with one attached hydrogen (secondary N) is 1. The number of amides is 1. The number of carbonyl (C=O) groups is 3. The van der Waals surface area contributed by atoms with Gasteiger partial charge in [0.2, 0.25) is 0 Å². The summed E-state index contributed by atoms with van der Waals surface area (Å²) in [7, 11) is 1.52. The Morgan fingerprint density at radius 3 is 2.39 bits per heavy atom. The SMILES string of the molecule is CO[C@H]1/C=C/O[C@@]2(C)Oc3c(C)c(O)c4c(O)c(c5c(c4c3C2=O)=NC2(CCN(CC(C)C)CC2)N=5)NC(=O)/C(C)=C\C=C\[C@H](C)[C@@H]2OC3(C)O[C@]3([C@@H]2C)[C@@H](C)[C@H](OC(=O)n2cncn2)[C@@H]1C. The van der Waals surface area contributed by atoms with Crippen molar-refractivity contribution < 1.29 is 53.0 Å². The first kappa shape index (κ1) is 46.4. The number of anilines is 1. The van der Waals surface area contributed by atoms with E-state index in [1.807, 2.05) is 33.8 Å². The van der Waals surface area contributed by atoms with Crippen molar-refractivity contribution >= 4 is 34.2 Å². The van der Waals surface area contributed by atoms with Crippen LogP contribution < -0.4 is 20.8 Å². The average molecular weight is 924 g/mol. The summed E-state index contributed by atoms with van der Waals surface area (Å²) in [5, 5.41) is 31.6. The number of ether oxygens (including phenoxy) is 6. The number of phenolic OH excluding ortho intramolecular Hbond substituents is 2. The molecule has 7 bridgehead atoms. The number of methoxy groups -OCH3 is 1. The van der Waals surface area contributed by atoms with E-state index in [9.17, 15) is 24.6 Å². The minimum atomic E-state index is -1.96. The largest absolute Gasteiger partial charge is 0.507 e. The Kier molecular flexibility index (Phi) is 11.4. The number of likely N-dealkylation sites (tertiary alicyclic amines) is 1. The zero-order valence-electron chi connectivity index (χ0n) is 39.9. The van der Waals surface area contributed by atoms with Crippen LogP contribution in [-0.2, 0) is 28.5 Å². The normalized spacial score (nSPS) is 35.2. The quantitative estimate of drug-likeness (QED) is 0.214. The van der Waals surface area contributed by atoms with Gasteiger partial charge in [0, 0.05) is 86.7 Å². The van der Waals surface area contributed by atoms with Crippen LogP contribution in [-0.4, -0.2) is 116 Å². The predicted octanol–water partition coefficient (Wildman–Crippen LogP) is 5.62. The van der Waals surface area contributed by atoms with Crippen LogP contribution in [0.4, 0.5) is 10.5 Å². The van der Waals surface area contributed by atoms with Gasteiger partial charge in [0.25, 0.3) is 11.7 Å². The van der Waals surface area contributed by atoms with Gasteiger partial charge in [-0.3, -0.25) is 19.6 Å². The van der Waals surface area contributed by atoms with Gasteiger partial charge < -0.3 is 48.9 Å². The Morgan fingerprint density at radius 1 is 1.00 bits per heavy atom. The summed E-state index contributed by atoms with van der Waals surface area (Å²) in [6.45, 7) is 21.2. The van der Waals surface area contributed by atoms with Crippen LogP contribution in [0.1, 0.15) is 91.1 Å². The van der Waals surface area contributed by atoms with Crippen molar-refractivity contribution in [1.82, 2.24) is 19.7 Å². The van der Waals surface area contributed by atoms with Crippen LogP contribution >= 0.6 is 0 Å². The zero-order valence-corrected chi connectivity index (χ0v) is 39.9.